The van der Waals surface area contributed by atoms with Gasteiger partial charge in [0.05, 0.1) is 19.5 Å². The SMILES string of the molecule is CCNC(=NCCCCOCCOC)N1CCN(C(=O)c2ccco2)CC1.I. The number of methoxy groups -OCH3 is 1. The van der Waals surface area contributed by atoms with E-state index >= 15 is 0 Å². The summed E-state index contributed by atoms with van der Waals surface area (Å²) in [7, 11) is 1.67. The van der Waals surface area contributed by atoms with Crippen molar-refractivity contribution in [2.24, 2.45) is 4.99 Å². The summed E-state index contributed by atoms with van der Waals surface area (Å²) in [5, 5.41) is 3.35. The van der Waals surface area contributed by atoms with Gasteiger partial charge in [0.15, 0.2) is 11.7 Å². The van der Waals surface area contributed by atoms with Gasteiger partial charge in [-0.15, -0.1) is 24.0 Å². The van der Waals surface area contributed by atoms with Gasteiger partial charge in [0.1, 0.15) is 0 Å². The maximum absolute atomic E-state index is 12.3. The summed E-state index contributed by atoms with van der Waals surface area (Å²) in [6.45, 7) is 8.52. The van der Waals surface area contributed by atoms with Gasteiger partial charge < -0.3 is 29.0 Å². The molecule has 28 heavy (non-hydrogen) atoms. The molecule has 0 unspecified atom stereocenters. The molecule has 1 aromatic heterocycles. The average Bonchev–Trinajstić information content (AvgIpc) is 3.23. The molecule has 9 heteroatoms. The fraction of sp³-hybridized carbons (Fsp3) is 0.684. The molecule has 1 fully saturated rings. The van der Waals surface area contributed by atoms with E-state index in [0.717, 1.165) is 51.6 Å². The minimum Gasteiger partial charge on any atom is -0.459 e. The smallest absolute Gasteiger partial charge is 0.289 e. The molecule has 1 aliphatic heterocycles. The number of unbranched alkanes of at least 4 members (excludes halogenated alkanes) is 1. The first-order chi connectivity index (χ1) is 13.3. The Hall–Kier alpha value is -1.33. The third kappa shape index (κ3) is 8.36. The third-order valence-electron chi connectivity index (χ3n) is 4.32. The zero-order valence-corrected chi connectivity index (χ0v) is 19.2. The quantitative estimate of drug-likeness (QED) is 0.226. The zero-order chi connectivity index (χ0) is 19.3. The molecule has 1 N–H and O–H groups in total. The van der Waals surface area contributed by atoms with Crippen LogP contribution in [-0.4, -0.2) is 87.9 Å². The molecule has 1 aromatic rings. The molecular weight excluding hydrogens is 475 g/mol. The van der Waals surface area contributed by atoms with E-state index in [-0.39, 0.29) is 29.9 Å². The zero-order valence-electron chi connectivity index (χ0n) is 16.9. The van der Waals surface area contributed by atoms with E-state index < -0.39 is 0 Å². The van der Waals surface area contributed by atoms with E-state index in [0.29, 0.717) is 32.1 Å². The number of aliphatic imine (C=N–C) groups is 1. The molecule has 1 aliphatic rings. The lowest BCUT2D eigenvalue weighted by atomic mass is 10.3. The average molecular weight is 508 g/mol. The Morgan fingerprint density at radius 2 is 1.93 bits per heavy atom. The highest BCUT2D eigenvalue weighted by atomic mass is 127. The highest BCUT2D eigenvalue weighted by Gasteiger charge is 2.25. The van der Waals surface area contributed by atoms with Gasteiger partial charge in [0.2, 0.25) is 0 Å². The second-order valence-electron chi connectivity index (χ2n) is 6.30. The number of amides is 1. The van der Waals surface area contributed by atoms with Crippen LogP contribution in [0.15, 0.2) is 27.8 Å². The number of rotatable bonds is 10. The van der Waals surface area contributed by atoms with Crippen molar-refractivity contribution in [3.63, 3.8) is 0 Å². The maximum Gasteiger partial charge on any atom is 0.289 e. The topological polar surface area (TPSA) is 79.5 Å². The molecule has 8 nitrogen and oxygen atoms in total. The first-order valence-electron chi connectivity index (χ1n) is 9.69. The van der Waals surface area contributed by atoms with Gasteiger partial charge in [-0.05, 0) is 31.9 Å². The van der Waals surface area contributed by atoms with Gasteiger partial charge in [0, 0.05) is 53.0 Å². The van der Waals surface area contributed by atoms with Crippen molar-refractivity contribution in [2.45, 2.75) is 19.8 Å². The molecular formula is C19H33IN4O4. The molecule has 0 bridgehead atoms. The van der Waals surface area contributed by atoms with Gasteiger partial charge in [-0.2, -0.15) is 0 Å². The van der Waals surface area contributed by atoms with E-state index in [9.17, 15) is 4.79 Å². The van der Waals surface area contributed by atoms with E-state index in [1.165, 1.54) is 6.26 Å². The maximum atomic E-state index is 12.3. The molecule has 0 aliphatic carbocycles. The first-order valence-corrected chi connectivity index (χ1v) is 9.69. The standard InChI is InChI=1S/C19H32N4O4.HI/c1-3-20-19(21-8-4-5-13-26-16-15-25-2)23-11-9-22(10-12-23)18(24)17-7-6-14-27-17;/h6-7,14H,3-5,8-13,15-16H2,1-2H3,(H,20,21);1H. The second kappa shape index (κ2) is 14.6. The first kappa shape index (κ1) is 24.7. The van der Waals surface area contributed by atoms with Crippen LogP contribution in [-0.2, 0) is 9.47 Å². The monoisotopic (exact) mass is 508 g/mol. The number of hydrogen-bond acceptors (Lipinski definition) is 5. The van der Waals surface area contributed by atoms with E-state index in [1.54, 1.807) is 19.2 Å². The van der Waals surface area contributed by atoms with Crippen LogP contribution < -0.4 is 5.32 Å². The van der Waals surface area contributed by atoms with Crippen LogP contribution in [0.1, 0.15) is 30.3 Å². The normalized spacial score (nSPS) is 14.7. The van der Waals surface area contributed by atoms with Gasteiger partial charge in [-0.25, -0.2) is 0 Å². The van der Waals surface area contributed by atoms with Crippen LogP contribution in [0, 0.1) is 0 Å². The number of hydrogen-bond donors (Lipinski definition) is 1. The summed E-state index contributed by atoms with van der Waals surface area (Å²) in [4.78, 5) is 21.1. The second-order valence-corrected chi connectivity index (χ2v) is 6.30. The molecule has 1 amide bonds. The number of nitrogens with zero attached hydrogens (tertiary/aromatic N) is 3. The van der Waals surface area contributed by atoms with Gasteiger partial charge in [0.25, 0.3) is 5.91 Å². The summed E-state index contributed by atoms with van der Waals surface area (Å²) in [5.74, 6) is 1.27. The predicted octanol–water partition coefficient (Wildman–Crippen LogP) is 2.06. The van der Waals surface area contributed by atoms with E-state index in [1.807, 2.05) is 4.90 Å². The van der Waals surface area contributed by atoms with Crippen LogP contribution >= 0.6 is 24.0 Å². The lowest BCUT2D eigenvalue weighted by molar-refractivity contribution is 0.0657. The molecule has 1 saturated heterocycles. The molecule has 0 radical (unpaired) electrons. The summed E-state index contributed by atoms with van der Waals surface area (Å²) in [6, 6.07) is 3.45. The molecule has 2 rings (SSSR count). The van der Waals surface area contributed by atoms with Crippen LogP contribution in [0.4, 0.5) is 0 Å². The predicted molar refractivity (Wildman–Crippen MR) is 120 cm³/mol. The minimum absolute atomic E-state index is 0. The number of carbonyl (C=O) groups excluding carboxylic acids is 1. The Morgan fingerprint density at radius 1 is 1.18 bits per heavy atom. The summed E-state index contributed by atoms with van der Waals surface area (Å²) in [5.41, 5.74) is 0. The number of carbonyl (C=O) groups is 1. The van der Waals surface area contributed by atoms with E-state index in [2.05, 4.69) is 17.1 Å². The number of ether oxygens (including phenoxy) is 2. The van der Waals surface area contributed by atoms with Crippen LogP contribution in [0.2, 0.25) is 0 Å². The van der Waals surface area contributed by atoms with Gasteiger partial charge >= 0.3 is 0 Å². The summed E-state index contributed by atoms with van der Waals surface area (Å²) in [6.07, 6.45) is 3.50. The van der Waals surface area contributed by atoms with E-state index in [4.69, 9.17) is 18.9 Å². The van der Waals surface area contributed by atoms with Crippen LogP contribution in [0.25, 0.3) is 0 Å². The Morgan fingerprint density at radius 3 is 2.57 bits per heavy atom. The Kier molecular flexibility index (Phi) is 12.9. The number of nitrogens with one attached hydrogen (secondary N) is 1. The molecule has 0 aromatic carbocycles. The van der Waals surface area contributed by atoms with Crippen molar-refractivity contribution < 1.29 is 18.7 Å². The molecule has 0 atom stereocenters. The Bertz CT molecular complexity index is 560. The number of piperazine rings is 1. The summed E-state index contributed by atoms with van der Waals surface area (Å²) >= 11 is 0. The third-order valence-corrected chi connectivity index (χ3v) is 4.32. The molecule has 2 heterocycles. The fourth-order valence-electron chi connectivity index (χ4n) is 2.85. The minimum atomic E-state index is -0.0462. The number of halogens is 1. The highest BCUT2D eigenvalue weighted by Crippen LogP contribution is 2.09. The van der Waals surface area contributed by atoms with Crippen molar-refractivity contribution in [1.82, 2.24) is 15.1 Å². The van der Waals surface area contributed by atoms with Gasteiger partial charge in [-0.1, -0.05) is 0 Å². The highest BCUT2D eigenvalue weighted by molar-refractivity contribution is 14.0. The van der Waals surface area contributed by atoms with Crippen LogP contribution in [0.5, 0.6) is 0 Å². The molecule has 160 valence electrons. The lowest BCUT2D eigenvalue weighted by Crippen LogP contribution is -2.53. The van der Waals surface area contributed by atoms with Gasteiger partial charge in [-0.3, -0.25) is 9.79 Å². The molecule has 0 spiro atoms. The Balaban J connectivity index is 0.00000392. The van der Waals surface area contributed by atoms with Crippen molar-refractivity contribution in [3.8, 4) is 0 Å². The van der Waals surface area contributed by atoms with Crippen molar-refractivity contribution >= 4 is 35.8 Å². The summed E-state index contributed by atoms with van der Waals surface area (Å²) < 4.78 is 15.6. The van der Waals surface area contributed by atoms with Crippen molar-refractivity contribution in [1.29, 1.82) is 0 Å². The number of guanidine groups is 1. The fourth-order valence-corrected chi connectivity index (χ4v) is 2.85. The lowest BCUT2D eigenvalue weighted by Gasteiger charge is -2.36. The molecule has 0 saturated carbocycles. The number of furan rings is 1. The van der Waals surface area contributed by atoms with Crippen LogP contribution in [0.3, 0.4) is 0 Å². The van der Waals surface area contributed by atoms with Crippen molar-refractivity contribution in [3.05, 3.63) is 24.2 Å². The van der Waals surface area contributed by atoms with Crippen molar-refractivity contribution in [2.75, 3.05) is 66.2 Å². The largest absolute Gasteiger partial charge is 0.459 e. The Labute approximate surface area is 184 Å².